The predicted molar refractivity (Wildman–Crippen MR) is 62.0 cm³/mol. The van der Waals surface area contributed by atoms with Crippen molar-refractivity contribution in [3.05, 3.63) is 28.5 Å². The number of amides is 1. The van der Waals surface area contributed by atoms with Crippen LogP contribution in [0.4, 0.5) is 5.82 Å². The van der Waals surface area contributed by atoms with E-state index in [1.165, 1.54) is 0 Å². The first-order valence-corrected chi connectivity index (χ1v) is 5.36. The molecule has 0 saturated carbocycles. The standard InChI is InChI=1S/C10H10BrN3O/c1-2-8-10(12-6-15)14-5-7(11)3-4-9(14)13-8/h3-6H,2H2,1H3,(H,12,15)/i/hD. The van der Waals surface area contributed by atoms with Crippen LogP contribution in [0.5, 0.6) is 0 Å². The lowest BCUT2D eigenvalue weighted by Crippen LogP contribution is -2.00. The highest BCUT2D eigenvalue weighted by molar-refractivity contribution is 9.10. The van der Waals surface area contributed by atoms with Crippen molar-refractivity contribution >= 4 is 33.8 Å². The lowest BCUT2D eigenvalue weighted by Gasteiger charge is -2.01. The second-order valence-electron chi connectivity index (χ2n) is 3.05. The van der Waals surface area contributed by atoms with Gasteiger partial charge in [-0.15, -0.1) is 0 Å². The van der Waals surface area contributed by atoms with Gasteiger partial charge in [0.05, 0.1) is 5.69 Å². The summed E-state index contributed by atoms with van der Waals surface area (Å²) in [5.41, 5.74) is 1.47. The minimum absolute atomic E-state index is 0.462. The first-order valence-electron chi connectivity index (χ1n) is 5.02. The van der Waals surface area contributed by atoms with Crippen LogP contribution in [0.1, 0.15) is 12.6 Å². The van der Waals surface area contributed by atoms with Crippen molar-refractivity contribution in [1.82, 2.24) is 9.38 Å². The zero-order valence-electron chi connectivity index (χ0n) is 9.14. The Labute approximate surface area is 96.9 Å². The molecule has 0 fully saturated rings. The summed E-state index contributed by atoms with van der Waals surface area (Å²) in [6.07, 6.45) is 2.93. The third-order valence-electron chi connectivity index (χ3n) is 2.14. The Morgan fingerprint density at radius 2 is 2.53 bits per heavy atom. The van der Waals surface area contributed by atoms with E-state index in [1.807, 2.05) is 19.1 Å². The Balaban J connectivity index is 2.75. The van der Waals surface area contributed by atoms with Gasteiger partial charge in [-0.3, -0.25) is 9.20 Å². The van der Waals surface area contributed by atoms with Gasteiger partial charge in [0.15, 0.2) is 1.41 Å². The summed E-state index contributed by atoms with van der Waals surface area (Å²) in [6.45, 7) is 1.94. The molecule has 0 aliphatic rings. The summed E-state index contributed by atoms with van der Waals surface area (Å²) in [6, 6.07) is 3.71. The third kappa shape index (κ3) is 1.74. The van der Waals surface area contributed by atoms with Gasteiger partial charge in [-0.2, -0.15) is 0 Å². The van der Waals surface area contributed by atoms with Crippen molar-refractivity contribution in [2.75, 3.05) is 5.31 Å². The number of aromatic nitrogens is 2. The van der Waals surface area contributed by atoms with Gasteiger partial charge >= 0.3 is 0 Å². The Morgan fingerprint density at radius 3 is 3.20 bits per heavy atom. The van der Waals surface area contributed by atoms with E-state index >= 15 is 0 Å². The fraction of sp³-hybridized carbons (Fsp3) is 0.200. The third-order valence-corrected chi connectivity index (χ3v) is 2.61. The van der Waals surface area contributed by atoms with Crippen LogP contribution in [0.3, 0.4) is 0 Å². The van der Waals surface area contributed by atoms with Crippen LogP contribution < -0.4 is 5.31 Å². The molecule has 0 radical (unpaired) electrons. The molecule has 0 bridgehead atoms. The quantitative estimate of drug-likeness (QED) is 0.868. The molecule has 2 aromatic rings. The first-order chi connectivity index (χ1) is 7.67. The number of nitrogens with zero attached hydrogens (tertiary/aromatic N) is 2. The van der Waals surface area contributed by atoms with Crippen LogP contribution in [0.2, 0.25) is 1.41 Å². The van der Waals surface area contributed by atoms with E-state index < -0.39 is 0 Å². The number of pyridine rings is 1. The molecular weight excluding hydrogens is 258 g/mol. The maximum atomic E-state index is 10.7. The lowest BCUT2D eigenvalue weighted by molar-refractivity contribution is -0.105. The number of halogens is 1. The van der Waals surface area contributed by atoms with Crippen molar-refractivity contribution in [1.29, 1.82) is 0 Å². The zero-order valence-corrected chi connectivity index (χ0v) is 9.73. The first kappa shape index (κ1) is 8.91. The van der Waals surface area contributed by atoms with E-state index in [0.717, 1.165) is 21.1 Å². The fourth-order valence-corrected chi connectivity index (χ4v) is 1.82. The van der Waals surface area contributed by atoms with Gasteiger partial charge in [0.25, 0.3) is 0 Å². The second-order valence-corrected chi connectivity index (χ2v) is 3.96. The highest BCUT2D eigenvalue weighted by Crippen LogP contribution is 2.20. The van der Waals surface area contributed by atoms with E-state index in [9.17, 15) is 4.79 Å². The molecule has 0 saturated heterocycles. The molecule has 0 unspecified atom stereocenters. The molecule has 2 heterocycles. The van der Waals surface area contributed by atoms with Crippen LogP contribution in [-0.2, 0) is 11.2 Å². The average Bonchev–Trinajstić information content (AvgIpc) is 2.65. The van der Waals surface area contributed by atoms with Gasteiger partial charge in [0.1, 0.15) is 11.5 Å². The highest BCUT2D eigenvalue weighted by Gasteiger charge is 2.09. The van der Waals surface area contributed by atoms with Gasteiger partial charge in [0.2, 0.25) is 6.41 Å². The largest absolute Gasteiger partial charge is 0.313 e. The maximum Gasteiger partial charge on any atom is 0.212 e. The number of carbonyl (C=O) groups excluding carboxylic acids is 1. The van der Waals surface area contributed by atoms with E-state index in [1.54, 1.807) is 10.6 Å². The summed E-state index contributed by atoms with van der Waals surface area (Å²) in [5, 5.41) is 0.797. The van der Waals surface area contributed by atoms with Crippen molar-refractivity contribution in [2.45, 2.75) is 13.3 Å². The molecule has 0 atom stereocenters. The number of nitrogens with one attached hydrogen (secondary N) is 1. The molecule has 1 amide bonds. The van der Waals surface area contributed by atoms with Crippen molar-refractivity contribution in [3.8, 4) is 0 Å². The summed E-state index contributed by atoms with van der Waals surface area (Å²) < 4.78 is 10.2. The Bertz CT molecular complexity index is 540. The summed E-state index contributed by atoms with van der Waals surface area (Å²) >= 11 is 3.35. The predicted octanol–water partition coefficient (Wildman–Crippen LogP) is 2.23. The van der Waals surface area contributed by atoms with Gasteiger partial charge < -0.3 is 5.31 Å². The molecule has 0 aliphatic heterocycles. The number of rotatable bonds is 3. The molecule has 2 rings (SSSR count). The van der Waals surface area contributed by atoms with Crippen molar-refractivity contribution in [2.24, 2.45) is 0 Å². The van der Waals surface area contributed by atoms with Crippen LogP contribution in [-0.4, -0.2) is 15.8 Å². The summed E-state index contributed by atoms with van der Waals surface area (Å²) in [7, 11) is 0. The molecule has 15 heavy (non-hydrogen) atoms. The van der Waals surface area contributed by atoms with Gasteiger partial charge in [-0.05, 0) is 34.5 Å². The lowest BCUT2D eigenvalue weighted by atomic mass is 10.3. The van der Waals surface area contributed by atoms with Crippen molar-refractivity contribution in [3.63, 3.8) is 0 Å². The molecule has 4 nitrogen and oxygen atoms in total. The molecule has 2 aromatic heterocycles. The van der Waals surface area contributed by atoms with Crippen LogP contribution in [0.25, 0.3) is 5.65 Å². The number of hydrogen-bond donors (Lipinski definition) is 1. The van der Waals surface area contributed by atoms with Crippen molar-refractivity contribution < 1.29 is 6.21 Å². The van der Waals surface area contributed by atoms with E-state index in [0.29, 0.717) is 18.6 Å². The smallest absolute Gasteiger partial charge is 0.212 e. The van der Waals surface area contributed by atoms with Crippen LogP contribution in [0.15, 0.2) is 22.8 Å². The number of imidazole rings is 1. The number of hydrogen-bond acceptors (Lipinski definition) is 2. The van der Waals surface area contributed by atoms with Gasteiger partial charge in [-0.1, -0.05) is 6.92 Å². The Hall–Kier alpha value is -1.36. The fourth-order valence-electron chi connectivity index (χ4n) is 1.48. The molecule has 0 aliphatic carbocycles. The number of fused-ring (bicyclic) bond motifs is 1. The molecule has 78 valence electrons. The Morgan fingerprint density at radius 1 is 1.73 bits per heavy atom. The normalized spacial score (nSPS) is 11.5. The minimum Gasteiger partial charge on any atom is -0.313 e. The number of carbonyl (C=O) groups is 1. The maximum absolute atomic E-state index is 10.7. The number of aryl methyl sites for hydroxylation is 1. The van der Waals surface area contributed by atoms with E-state index in [4.69, 9.17) is 1.41 Å². The van der Waals surface area contributed by atoms with Gasteiger partial charge in [-0.25, -0.2) is 4.98 Å². The SMILES string of the molecule is [2H]N(C=O)c1c(CC)nc2ccc(Br)cn12. The number of anilines is 1. The molecule has 5 heteroatoms. The van der Waals surface area contributed by atoms with Crippen LogP contribution >= 0.6 is 15.9 Å². The monoisotopic (exact) mass is 268 g/mol. The van der Waals surface area contributed by atoms with Gasteiger partial charge in [0, 0.05) is 10.7 Å². The zero-order chi connectivity index (χ0) is 11.7. The topological polar surface area (TPSA) is 46.4 Å². The van der Waals surface area contributed by atoms with Crippen LogP contribution in [0, 0.1) is 0 Å². The minimum atomic E-state index is 0.462. The second kappa shape index (κ2) is 4.02. The molecule has 1 N–H and O–H groups in total. The summed E-state index contributed by atoms with van der Waals surface area (Å²) in [5.74, 6) is 0.494. The van der Waals surface area contributed by atoms with E-state index in [2.05, 4.69) is 20.9 Å². The average molecular weight is 269 g/mol. The molecular formula is C10H10BrN3O. The molecule has 0 spiro atoms. The summed E-state index contributed by atoms with van der Waals surface area (Å²) in [4.78, 5) is 15.0. The van der Waals surface area contributed by atoms with E-state index in [-0.39, 0.29) is 0 Å². The highest BCUT2D eigenvalue weighted by atomic mass is 79.9. The Kier molecular flexibility index (Phi) is 2.39. The molecule has 0 aromatic carbocycles.